The van der Waals surface area contributed by atoms with Gasteiger partial charge in [-0.05, 0) is 59.7 Å². The van der Waals surface area contributed by atoms with Crippen molar-refractivity contribution >= 4 is 70.3 Å². The van der Waals surface area contributed by atoms with Crippen LogP contribution in [0.25, 0.3) is 12.2 Å². The lowest BCUT2D eigenvalue weighted by Crippen LogP contribution is -1.99. The summed E-state index contributed by atoms with van der Waals surface area (Å²) >= 11 is 26.7. The number of thioether (sulfide) groups is 1. The maximum absolute atomic E-state index is 14.4. The van der Waals surface area contributed by atoms with Gasteiger partial charge in [0.15, 0.2) is 0 Å². The first kappa shape index (κ1) is 29.6. The second-order valence-corrected chi connectivity index (χ2v) is 11.3. The largest absolute Gasteiger partial charge is 0.207 e. The van der Waals surface area contributed by atoms with Crippen LogP contribution < -0.4 is 0 Å². The highest BCUT2D eigenvalue weighted by atomic mass is 35.5. The molecule has 0 aliphatic rings. The lowest BCUT2D eigenvalue weighted by Gasteiger charge is -2.22. The summed E-state index contributed by atoms with van der Waals surface area (Å²) in [7, 11) is 0. The number of hydrogen-bond donors (Lipinski definition) is 0. The Bertz CT molecular complexity index is 1440. The molecule has 200 valence electrons. The van der Waals surface area contributed by atoms with E-state index in [2.05, 4.69) is 0 Å². The zero-order chi connectivity index (χ0) is 28.1. The topological polar surface area (TPSA) is 0 Å². The van der Waals surface area contributed by atoms with E-state index in [0.29, 0.717) is 31.2 Å². The molecule has 0 bridgehead atoms. The third-order valence-corrected chi connectivity index (χ3v) is 8.19. The Labute approximate surface area is 247 Å². The molecule has 0 N–H and O–H groups in total. The van der Waals surface area contributed by atoms with Crippen LogP contribution >= 0.6 is 58.2 Å². The molecule has 0 saturated heterocycles. The first-order chi connectivity index (χ1) is 18.6. The Morgan fingerprint density at radius 2 is 0.949 bits per heavy atom. The van der Waals surface area contributed by atoms with Gasteiger partial charge in [-0.3, -0.25) is 0 Å². The van der Waals surface area contributed by atoms with Gasteiger partial charge in [-0.15, -0.1) is 11.8 Å². The molecule has 2 atom stereocenters. The van der Waals surface area contributed by atoms with Gasteiger partial charge in [0.05, 0.1) is 10.5 Å². The van der Waals surface area contributed by atoms with Gasteiger partial charge in [-0.25, -0.2) is 17.6 Å². The summed E-state index contributed by atoms with van der Waals surface area (Å²) in [5, 5.41) is 0.643. The maximum Gasteiger partial charge on any atom is 0.133 e. The number of hydrogen-bond acceptors (Lipinski definition) is 1. The minimum atomic E-state index is -0.721. The van der Waals surface area contributed by atoms with Gasteiger partial charge < -0.3 is 0 Å². The standard InChI is InChI=1S/C30H18Cl4F4S/c31-19-5-9-23(25(33)13-19)29(11-3-17-1-7-21(35)15-27(17)37)39-30(24-10-6-20(32)14-26(24)34)12-4-18-2-8-22(36)16-28(18)38/h1-16,29-30H/b11-3-,12-4?. The van der Waals surface area contributed by atoms with Crippen LogP contribution in [0.1, 0.15) is 32.8 Å². The fourth-order valence-corrected chi connectivity index (χ4v) is 6.26. The van der Waals surface area contributed by atoms with Gasteiger partial charge in [0.25, 0.3) is 0 Å². The highest BCUT2D eigenvalue weighted by Gasteiger charge is 2.21. The number of rotatable bonds is 8. The molecular formula is C30H18Cl4F4S. The average molecular weight is 628 g/mol. The summed E-state index contributed by atoms with van der Waals surface area (Å²) in [5.74, 6) is -2.82. The lowest BCUT2D eigenvalue weighted by molar-refractivity contribution is 0.581. The molecule has 4 aromatic rings. The zero-order valence-corrected chi connectivity index (χ0v) is 23.7. The monoisotopic (exact) mass is 626 g/mol. The van der Waals surface area contributed by atoms with E-state index in [0.717, 1.165) is 24.3 Å². The molecule has 9 heteroatoms. The van der Waals surface area contributed by atoms with Crippen LogP contribution in [-0.2, 0) is 0 Å². The lowest BCUT2D eigenvalue weighted by atomic mass is 10.1. The highest BCUT2D eigenvalue weighted by Crippen LogP contribution is 2.47. The summed E-state index contributed by atoms with van der Waals surface area (Å²) in [6, 6.07) is 16.6. The van der Waals surface area contributed by atoms with Crippen molar-refractivity contribution in [3.63, 3.8) is 0 Å². The molecule has 0 nitrogen and oxygen atoms in total. The van der Waals surface area contributed by atoms with E-state index < -0.39 is 33.8 Å². The van der Waals surface area contributed by atoms with Gasteiger partial charge in [0, 0.05) is 43.4 Å². The van der Waals surface area contributed by atoms with Crippen LogP contribution in [0, 0.1) is 23.3 Å². The molecule has 0 heterocycles. The van der Waals surface area contributed by atoms with Gasteiger partial charge >= 0.3 is 0 Å². The third kappa shape index (κ3) is 7.84. The predicted molar refractivity (Wildman–Crippen MR) is 157 cm³/mol. The van der Waals surface area contributed by atoms with E-state index in [1.165, 1.54) is 36.0 Å². The van der Waals surface area contributed by atoms with Crippen molar-refractivity contribution < 1.29 is 17.6 Å². The molecule has 4 aromatic carbocycles. The van der Waals surface area contributed by atoms with E-state index in [-0.39, 0.29) is 11.1 Å². The van der Waals surface area contributed by atoms with Crippen molar-refractivity contribution in [1.29, 1.82) is 0 Å². The molecule has 0 aliphatic carbocycles. The number of halogens is 8. The summed E-state index contributed by atoms with van der Waals surface area (Å²) < 4.78 is 55.6. The fraction of sp³-hybridized carbons (Fsp3) is 0.0667. The van der Waals surface area contributed by atoms with Crippen LogP contribution in [0.15, 0.2) is 84.9 Å². The Morgan fingerprint density at radius 3 is 1.31 bits per heavy atom. The van der Waals surface area contributed by atoms with E-state index >= 15 is 0 Å². The molecular weight excluding hydrogens is 610 g/mol. The quantitative estimate of drug-likeness (QED) is 0.175. The fourth-order valence-electron chi connectivity index (χ4n) is 3.72. The van der Waals surface area contributed by atoms with Crippen molar-refractivity contribution in [2.45, 2.75) is 10.5 Å². The Kier molecular flexibility index (Phi) is 10.1. The molecule has 39 heavy (non-hydrogen) atoms. The second kappa shape index (κ2) is 13.3. The van der Waals surface area contributed by atoms with Crippen molar-refractivity contribution in [1.82, 2.24) is 0 Å². The van der Waals surface area contributed by atoms with Crippen molar-refractivity contribution in [2.24, 2.45) is 0 Å². The summed E-state index contributed by atoms with van der Waals surface area (Å²) in [6.45, 7) is 0. The van der Waals surface area contributed by atoms with Crippen LogP contribution in [0.2, 0.25) is 20.1 Å². The van der Waals surface area contributed by atoms with E-state index in [1.54, 1.807) is 48.6 Å². The van der Waals surface area contributed by atoms with Crippen LogP contribution in [0.5, 0.6) is 0 Å². The third-order valence-electron chi connectivity index (χ3n) is 5.66. The summed E-state index contributed by atoms with van der Waals surface area (Å²) in [5.41, 5.74) is 1.69. The Balaban J connectivity index is 1.78. The normalized spacial score (nSPS) is 13.3. The SMILES string of the molecule is Fc1ccc(C=CC(SC(/C=C\c2ccc(F)cc2F)c2ccc(Cl)cc2Cl)c2ccc(Cl)cc2Cl)c(F)c1. The van der Waals surface area contributed by atoms with Crippen molar-refractivity contribution in [2.75, 3.05) is 0 Å². The van der Waals surface area contributed by atoms with Gasteiger partial charge in [0.2, 0.25) is 0 Å². The van der Waals surface area contributed by atoms with Crippen molar-refractivity contribution in [3.8, 4) is 0 Å². The van der Waals surface area contributed by atoms with E-state index in [4.69, 9.17) is 46.4 Å². The van der Waals surface area contributed by atoms with Crippen LogP contribution in [0.3, 0.4) is 0 Å². The molecule has 0 fully saturated rings. The zero-order valence-electron chi connectivity index (χ0n) is 19.8. The highest BCUT2D eigenvalue weighted by molar-refractivity contribution is 8.00. The average Bonchev–Trinajstić information content (AvgIpc) is 2.86. The molecule has 0 aliphatic heterocycles. The second-order valence-electron chi connectivity index (χ2n) is 8.36. The van der Waals surface area contributed by atoms with Crippen LogP contribution in [0.4, 0.5) is 17.6 Å². The van der Waals surface area contributed by atoms with Gasteiger partial charge in [-0.1, -0.05) is 82.8 Å². The number of benzene rings is 4. The summed E-state index contributed by atoms with van der Waals surface area (Å²) in [6.07, 6.45) is 6.50. The molecule has 0 amide bonds. The minimum Gasteiger partial charge on any atom is -0.207 e. The van der Waals surface area contributed by atoms with Crippen molar-refractivity contribution in [3.05, 3.63) is 151 Å². The molecule has 0 radical (unpaired) electrons. The van der Waals surface area contributed by atoms with E-state index in [1.807, 2.05) is 0 Å². The van der Waals surface area contributed by atoms with Gasteiger partial charge in [0.1, 0.15) is 23.3 Å². The molecule has 4 rings (SSSR count). The molecule has 0 spiro atoms. The first-order valence-electron chi connectivity index (χ1n) is 11.4. The molecule has 0 aromatic heterocycles. The maximum atomic E-state index is 14.4. The Hall–Kier alpha value is -2.41. The smallest absolute Gasteiger partial charge is 0.133 e. The first-order valence-corrected chi connectivity index (χ1v) is 13.9. The Morgan fingerprint density at radius 1 is 0.538 bits per heavy atom. The molecule has 0 saturated carbocycles. The predicted octanol–water partition coefficient (Wildman–Crippen LogP) is 11.8. The summed E-state index contributed by atoms with van der Waals surface area (Å²) in [4.78, 5) is 0. The van der Waals surface area contributed by atoms with Crippen LogP contribution in [-0.4, -0.2) is 0 Å². The van der Waals surface area contributed by atoms with Gasteiger partial charge in [-0.2, -0.15) is 0 Å². The minimum absolute atomic E-state index is 0.178. The van der Waals surface area contributed by atoms with E-state index in [9.17, 15) is 17.6 Å². The molecule has 2 unspecified atom stereocenters.